The normalized spacial score (nSPS) is 20.3. The summed E-state index contributed by atoms with van der Waals surface area (Å²) in [6, 6.07) is -0.917. The highest BCUT2D eigenvalue weighted by Gasteiger charge is 2.54. The van der Waals surface area contributed by atoms with Gasteiger partial charge in [0.05, 0.1) is 5.69 Å². The van der Waals surface area contributed by atoms with Gasteiger partial charge in [-0.3, -0.25) is 14.5 Å². The Labute approximate surface area is 203 Å². The van der Waals surface area contributed by atoms with E-state index in [4.69, 9.17) is 16.3 Å². The molecular weight excluding hydrogens is 510 g/mol. The number of nitrogens with two attached hydrogens (primary N) is 2. The van der Waals surface area contributed by atoms with Gasteiger partial charge in [0.1, 0.15) is 22.8 Å². The average molecular weight is 528 g/mol. The molecule has 2 aliphatic heterocycles. The van der Waals surface area contributed by atoms with Crippen molar-refractivity contribution in [3.63, 3.8) is 0 Å². The van der Waals surface area contributed by atoms with E-state index in [-0.39, 0.29) is 28.8 Å². The van der Waals surface area contributed by atoms with Crippen LogP contribution in [-0.4, -0.2) is 66.9 Å². The number of carboxylic acids is 1. The van der Waals surface area contributed by atoms with Crippen LogP contribution in [0.4, 0.5) is 10.3 Å². The molecule has 33 heavy (non-hydrogen) atoms. The maximum absolute atomic E-state index is 13.0. The number of thioether (sulfide) groups is 2. The molecule has 2 unspecified atom stereocenters. The van der Waals surface area contributed by atoms with Gasteiger partial charge in [-0.05, 0) is 6.26 Å². The van der Waals surface area contributed by atoms with Gasteiger partial charge >= 0.3 is 5.97 Å². The molecule has 0 saturated carbocycles. The summed E-state index contributed by atoms with van der Waals surface area (Å²) in [6.45, 7) is -0.0249. The van der Waals surface area contributed by atoms with Gasteiger partial charge < -0.3 is 26.7 Å². The number of rotatable bonds is 8. The first-order valence-corrected chi connectivity index (χ1v) is 13.2. The van der Waals surface area contributed by atoms with E-state index >= 15 is 0 Å². The van der Waals surface area contributed by atoms with E-state index in [1.165, 1.54) is 45.1 Å². The average Bonchev–Trinajstić information content (AvgIpc) is 3.41. The summed E-state index contributed by atoms with van der Waals surface area (Å²) in [6.07, 6.45) is 1.75. The maximum atomic E-state index is 13.0. The van der Waals surface area contributed by atoms with Crippen LogP contribution in [0.25, 0.3) is 0 Å². The van der Waals surface area contributed by atoms with Gasteiger partial charge in [-0.2, -0.15) is 0 Å². The molecule has 16 heteroatoms. The van der Waals surface area contributed by atoms with Gasteiger partial charge in [-0.1, -0.05) is 5.16 Å². The fraction of sp³-hybridized carbons (Fsp3) is 0.294. The van der Waals surface area contributed by atoms with Gasteiger partial charge in [-0.25, -0.2) is 14.8 Å². The summed E-state index contributed by atoms with van der Waals surface area (Å²) in [4.78, 5) is 52.6. The van der Waals surface area contributed by atoms with Gasteiger partial charge in [0.15, 0.2) is 22.6 Å². The van der Waals surface area contributed by atoms with Crippen molar-refractivity contribution in [3.8, 4) is 0 Å². The number of nitrogens with one attached hydrogen (secondary N) is 1. The molecule has 4 rings (SSSR count). The van der Waals surface area contributed by atoms with E-state index in [1.54, 1.807) is 11.6 Å². The number of thiazole rings is 2. The number of β-lactam (4-membered cyclic amide) rings is 1. The Morgan fingerprint density at radius 3 is 2.67 bits per heavy atom. The van der Waals surface area contributed by atoms with Crippen LogP contribution in [0.3, 0.4) is 0 Å². The number of aliphatic carboxylic acids is 1. The van der Waals surface area contributed by atoms with Crippen molar-refractivity contribution in [2.75, 3.05) is 23.5 Å². The van der Waals surface area contributed by atoms with Crippen LogP contribution in [0.5, 0.6) is 0 Å². The Hall–Kier alpha value is -2.82. The molecule has 0 bridgehead atoms. The number of anilines is 2. The zero-order chi connectivity index (χ0) is 23.7. The van der Waals surface area contributed by atoms with Gasteiger partial charge in [0.25, 0.3) is 11.8 Å². The van der Waals surface area contributed by atoms with Gasteiger partial charge in [0, 0.05) is 21.4 Å². The summed E-state index contributed by atoms with van der Waals surface area (Å²) >= 11 is 5.02. The number of hydrogen-bond donors (Lipinski definition) is 4. The minimum Gasteiger partial charge on any atom is -0.477 e. The van der Waals surface area contributed by atoms with E-state index in [9.17, 15) is 19.5 Å². The number of oxime groups is 1. The molecule has 1 fully saturated rings. The summed E-state index contributed by atoms with van der Waals surface area (Å²) < 4.78 is 0. The highest BCUT2D eigenvalue weighted by molar-refractivity contribution is 8.05. The van der Waals surface area contributed by atoms with Crippen molar-refractivity contribution < 1.29 is 24.3 Å². The van der Waals surface area contributed by atoms with Crippen molar-refractivity contribution >= 4 is 80.0 Å². The van der Waals surface area contributed by atoms with Crippen molar-refractivity contribution in [3.05, 3.63) is 32.8 Å². The quantitative estimate of drug-likeness (QED) is 0.215. The Morgan fingerprint density at radius 2 is 2.06 bits per heavy atom. The van der Waals surface area contributed by atoms with Crippen LogP contribution in [-0.2, 0) is 25.8 Å². The smallest absolute Gasteiger partial charge is 0.353 e. The zero-order valence-electron chi connectivity index (χ0n) is 16.9. The highest BCUT2D eigenvalue weighted by atomic mass is 32.2. The van der Waals surface area contributed by atoms with E-state index in [0.29, 0.717) is 21.5 Å². The predicted octanol–water partition coefficient (Wildman–Crippen LogP) is 0.744. The molecule has 2 aromatic rings. The monoisotopic (exact) mass is 527 g/mol. The summed E-state index contributed by atoms with van der Waals surface area (Å²) in [5.74, 6) is -1.97. The van der Waals surface area contributed by atoms with Crippen LogP contribution in [0.1, 0.15) is 11.4 Å². The van der Waals surface area contributed by atoms with Crippen molar-refractivity contribution in [2.24, 2.45) is 5.16 Å². The third-order valence-electron chi connectivity index (χ3n) is 4.59. The van der Waals surface area contributed by atoms with Crippen LogP contribution < -0.4 is 16.8 Å². The zero-order valence-corrected chi connectivity index (χ0v) is 20.1. The molecule has 0 aliphatic carbocycles. The summed E-state index contributed by atoms with van der Waals surface area (Å²) in [5.41, 5.74) is 11.8. The van der Waals surface area contributed by atoms with Crippen LogP contribution >= 0.6 is 46.2 Å². The summed E-state index contributed by atoms with van der Waals surface area (Å²) in [5, 5.41) is 19.4. The number of aromatic nitrogens is 2. The molecule has 2 atom stereocenters. The fourth-order valence-electron chi connectivity index (χ4n) is 3.11. The van der Waals surface area contributed by atoms with Gasteiger partial charge in [0.2, 0.25) is 0 Å². The second-order valence-corrected chi connectivity index (χ2v) is 10.4. The van der Waals surface area contributed by atoms with Crippen molar-refractivity contribution in [1.82, 2.24) is 20.2 Å². The first-order valence-electron chi connectivity index (χ1n) is 9.17. The second kappa shape index (κ2) is 9.58. The molecule has 4 heterocycles. The Kier molecular flexibility index (Phi) is 6.78. The fourth-order valence-corrected chi connectivity index (χ4v) is 6.45. The number of fused-ring (bicyclic) bond motifs is 1. The third-order valence-corrected chi connectivity index (χ3v) is 8.28. The van der Waals surface area contributed by atoms with Crippen molar-refractivity contribution in [1.29, 1.82) is 0 Å². The minimum absolute atomic E-state index is 0.0249. The molecule has 174 valence electrons. The second-order valence-electron chi connectivity index (χ2n) is 6.60. The third kappa shape index (κ3) is 4.64. The lowest BCUT2D eigenvalue weighted by atomic mass is 10.0. The molecular formula is C17H17N7O5S4. The molecule has 6 N–H and O–H groups in total. The Balaban J connectivity index is 1.50. The van der Waals surface area contributed by atoms with Crippen LogP contribution in [0.15, 0.2) is 26.5 Å². The lowest BCUT2D eigenvalue weighted by Crippen LogP contribution is -2.71. The largest absolute Gasteiger partial charge is 0.477 e. The molecule has 0 radical (unpaired) electrons. The van der Waals surface area contributed by atoms with E-state index in [1.807, 2.05) is 0 Å². The predicted molar refractivity (Wildman–Crippen MR) is 128 cm³/mol. The molecule has 2 aromatic heterocycles. The van der Waals surface area contributed by atoms with Crippen molar-refractivity contribution in [2.45, 2.75) is 18.0 Å². The van der Waals surface area contributed by atoms with E-state index in [2.05, 4.69) is 20.4 Å². The van der Waals surface area contributed by atoms with E-state index < -0.39 is 29.2 Å². The molecule has 0 aromatic carbocycles. The maximum Gasteiger partial charge on any atom is 0.353 e. The molecule has 0 spiro atoms. The van der Waals surface area contributed by atoms with E-state index in [0.717, 1.165) is 11.3 Å². The number of carbonyl (C=O) groups is 3. The lowest BCUT2D eigenvalue weighted by Gasteiger charge is -2.49. The number of hydrogen-bond acceptors (Lipinski definition) is 13. The number of nitrogens with zero attached hydrogens (tertiary/aromatic N) is 4. The molecule has 2 amide bonds. The first-order chi connectivity index (χ1) is 15.8. The number of carboxylic acid groups (broad SMARTS) is 1. The molecule has 2 aliphatic rings. The Bertz CT molecular complexity index is 1180. The Morgan fingerprint density at radius 1 is 1.33 bits per heavy atom. The number of carbonyl (C=O) groups excluding carboxylic acids is 2. The topological polar surface area (TPSA) is 186 Å². The molecule has 12 nitrogen and oxygen atoms in total. The van der Waals surface area contributed by atoms with Crippen LogP contribution in [0.2, 0.25) is 0 Å². The standard InChI is InChI=1S/C17H17N7O5S4/c1-30-8-5-31-14-10(13(26)24(14)11(8)15(27)28)22-12(25)9(7-4-33-17(19)21-7)23-29-2-6-3-32-16(18)20-6/h3-4,10,14H,2,5H2,1H3,(H2,18,20)(H2,19,21)(H,22,25)(H,27,28)/b23-9-. The highest BCUT2D eigenvalue weighted by Crippen LogP contribution is 2.42. The number of nitrogen functional groups attached to an aromatic ring is 2. The SMILES string of the molecule is CSC1=C(C(=O)O)N2C(=O)C(NC(=O)/C(=N\OCc3csc(N)n3)c3csc(N)n3)C2SC1. The van der Waals surface area contributed by atoms with Gasteiger partial charge in [-0.15, -0.1) is 46.2 Å². The molecule has 1 saturated heterocycles. The summed E-state index contributed by atoms with van der Waals surface area (Å²) in [7, 11) is 0. The van der Waals surface area contributed by atoms with Crippen LogP contribution in [0, 0.1) is 0 Å². The first kappa shape index (κ1) is 23.3. The lowest BCUT2D eigenvalue weighted by molar-refractivity contribution is -0.150. The minimum atomic E-state index is -1.18. The number of amides is 2.